The third-order valence-corrected chi connectivity index (χ3v) is 5.00. The van der Waals surface area contributed by atoms with Crippen molar-refractivity contribution in [3.05, 3.63) is 59.7 Å². The maximum Gasteiger partial charge on any atom is 0.251 e. The molecule has 26 heavy (non-hydrogen) atoms. The molecule has 0 bridgehead atoms. The SMILES string of the molecule is CC(C)CCOc1ccccc1CNC(=O)c1cccc(S(C)(=O)=O)c1. The molecule has 0 unspecified atom stereocenters. The summed E-state index contributed by atoms with van der Waals surface area (Å²) >= 11 is 0. The maximum absolute atomic E-state index is 12.4. The number of hydrogen-bond donors (Lipinski definition) is 1. The van der Waals surface area contributed by atoms with Gasteiger partial charge in [-0.15, -0.1) is 0 Å². The van der Waals surface area contributed by atoms with E-state index in [1.807, 2.05) is 24.3 Å². The molecule has 0 saturated heterocycles. The van der Waals surface area contributed by atoms with Gasteiger partial charge >= 0.3 is 0 Å². The molecule has 6 heteroatoms. The van der Waals surface area contributed by atoms with Crippen LogP contribution in [-0.4, -0.2) is 27.2 Å². The van der Waals surface area contributed by atoms with E-state index in [-0.39, 0.29) is 10.8 Å². The van der Waals surface area contributed by atoms with Crippen molar-refractivity contribution >= 4 is 15.7 Å². The summed E-state index contributed by atoms with van der Waals surface area (Å²) in [5, 5.41) is 2.82. The van der Waals surface area contributed by atoms with Crippen LogP contribution in [-0.2, 0) is 16.4 Å². The first kappa shape index (κ1) is 20.0. The van der Waals surface area contributed by atoms with Gasteiger partial charge in [0.2, 0.25) is 0 Å². The molecule has 5 nitrogen and oxygen atoms in total. The van der Waals surface area contributed by atoms with Crippen molar-refractivity contribution in [2.24, 2.45) is 5.92 Å². The minimum atomic E-state index is -3.35. The van der Waals surface area contributed by atoms with Crippen molar-refractivity contribution < 1.29 is 17.9 Å². The highest BCUT2D eigenvalue weighted by atomic mass is 32.2. The molecule has 0 aliphatic carbocycles. The molecule has 0 fully saturated rings. The van der Waals surface area contributed by atoms with Crippen molar-refractivity contribution in [3.63, 3.8) is 0 Å². The summed E-state index contributed by atoms with van der Waals surface area (Å²) in [5.41, 5.74) is 1.19. The van der Waals surface area contributed by atoms with Crippen LogP contribution in [0.15, 0.2) is 53.4 Å². The molecular weight excluding hydrogens is 350 g/mol. The number of carbonyl (C=O) groups excluding carboxylic acids is 1. The van der Waals surface area contributed by atoms with Crippen LogP contribution in [0.4, 0.5) is 0 Å². The summed E-state index contributed by atoms with van der Waals surface area (Å²) < 4.78 is 29.1. The Morgan fingerprint density at radius 2 is 1.85 bits per heavy atom. The van der Waals surface area contributed by atoms with Crippen molar-refractivity contribution in [2.75, 3.05) is 12.9 Å². The number of rotatable bonds is 8. The summed E-state index contributed by atoms with van der Waals surface area (Å²) in [6.45, 7) is 5.21. The average molecular weight is 375 g/mol. The van der Waals surface area contributed by atoms with Crippen LogP contribution < -0.4 is 10.1 Å². The molecule has 140 valence electrons. The van der Waals surface area contributed by atoms with Gasteiger partial charge in [-0.05, 0) is 36.6 Å². The van der Waals surface area contributed by atoms with E-state index >= 15 is 0 Å². The third kappa shape index (κ3) is 5.88. The number of amides is 1. The van der Waals surface area contributed by atoms with Crippen molar-refractivity contribution in [2.45, 2.75) is 31.7 Å². The number of ether oxygens (including phenoxy) is 1. The summed E-state index contributed by atoms with van der Waals surface area (Å²) in [7, 11) is -3.35. The fraction of sp³-hybridized carbons (Fsp3) is 0.350. The number of benzene rings is 2. The molecule has 2 rings (SSSR count). The molecule has 1 amide bonds. The third-order valence-electron chi connectivity index (χ3n) is 3.89. The lowest BCUT2D eigenvalue weighted by Gasteiger charge is -2.13. The first-order valence-electron chi connectivity index (χ1n) is 8.56. The van der Waals surface area contributed by atoms with E-state index in [2.05, 4.69) is 19.2 Å². The molecule has 1 N–H and O–H groups in total. The normalized spacial score (nSPS) is 11.4. The predicted octanol–water partition coefficient (Wildman–Crippen LogP) is 3.45. The zero-order valence-corrected chi connectivity index (χ0v) is 16.2. The molecule has 0 radical (unpaired) electrons. The molecule has 2 aromatic carbocycles. The second-order valence-electron chi connectivity index (χ2n) is 6.62. The van der Waals surface area contributed by atoms with E-state index < -0.39 is 9.84 Å². The number of carbonyl (C=O) groups is 1. The lowest BCUT2D eigenvalue weighted by Crippen LogP contribution is -2.23. The van der Waals surface area contributed by atoms with Gasteiger partial charge in [-0.2, -0.15) is 0 Å². The maximum atomic E-state index is 12.4. The van der Waals surface area contributed by atoms with Crippen LogP contribution in [0, 0.1) is 5.92 Å². The first-order valence-corrected chi connectivity index (χ1v) is 10.5. The Hall–Kier alpha value is -2.34. The smallest absolute Gasteiger partial charge is 0.251 e. The predicted molar refractivity (Wildman–Crippen MR) is 102 cm³/mol. The molecule has 0 aromatic heterocycles. The largest absolute Gasteiger partial charge is 0.493 e. The monoisotopic (exact) mass is 375 g/mol. The Labute approximate surface area is 155 Å². The van der Waals surface area contributed by atoms with Crippen molar-refractivity contribution in [1.82, 2.24) is 5.32 Å². The summed E-state index contributed by atoms with van der Waals surface area (Å²) in [6, 6.07) is 13.6. The van der Waals surface area contributed by atoms with Crippen LogP contribution in [0.5, 0.6) is 5.75 Å². The zero-order valence-electron chi connectivity index (χ0n) is 15.4. The highest BCUT2D eigenvalue weighted by Crippen LogP contribution is 2.19. The van der Waals surface area contributed by atoms with Crippen molar-refractivity contribution in [3.8, 4) is 5.75 Å². The number of nitrogens with one attached hydrogen (secondary N) is 1. The Kier molecular flexibility index (Phi) is 6.80. The summed E-state index contributed by atoms with van der Waals surface area (Å²) in [5.74, 6) is 0.981. The van der Waals surface area contributed by atoms with Gasteiger partial charge in [0.25, 0.3) is 5.91 Å². The van der Waals surface area contributed by atoms with Crippen LogP contribution >= 0.6 is 0 Å². The first-order chi connectivity index (χ1) is 12.3. The fourth-order valence-electron chi connectivity index (χ4n) is 2.34. The molecule has 0 aliphatic rings. The van der Waals surface area contributed by atoms with E-state index in [1.54, 1.807) is 12.1 Å². The molecule has 0 aliphatic heterocycles. The second kappa shape index (κ2) is 8.85. The van der Waals surface area contributed by atoms with E-state index in [9.17, 15) is 13.2 Å². The second-order valence-corrected chi connectivity index (χ2v) is 8.64. The summed E-state index contributed by atoms with van der Waals surface area (Å²) in [4.78, 5) is 12.5. The van der Waals surface area contributed by atoms with E-state index in [1.165, 1.54) is 12.1 Å². The lowest BCUT2D eigenvalue weighted by atomic mass is 10.1. The molecule has 2 aromatic rings. The van der Waals surface area contributed by atoms with Gasteiger partial charge in [-0.1, -0.05) is 38.1 Å². The van der Waals surface area contributed by atoms with Gasteiger partial charge in [0.05, 0.1) is 11.5 Å². The van der Waals surface area contributed by atoms with Gasteiger partial charge in [0, 0.05) is 23.9 Å². The van der Waals surface area contributed by atoms with E-state index in [0.29, 0.717) is 24.6 Å². The molecular formula is C20H25NO4S. The van der Waals surface area contributed by atoms with E-state index in [4.69, 9.17) is 4.74 Å². The lowest BCUT2D eigenvalue weighted by molar-refractivity contribution is 0.0950. The van der Waals surface area contributed by atoms with Crippen molar-refractivity contribution in [1.29, 1.82) is 0 Å². The van der Waals surface area contributed by atoms with Gasteiger partial charge in [0.1, 0.15) is 5.75 Å². The van der Waals surface area contributed by atoms with Gasteiger partial charge in [-0.3, -0.25) is 4.79 Å². The van der Waals surface area contributed by atoms with Crippen LogP contribution in [0.2, 0.25) is 0 Å². The standard InChI is InChI=1S/C20H25NO4S/c1-15(2)11-12-25-19-10-5-4-7-17(19)14-21-20(22)16-8-6-9-18(13-16)26(3,23)24/h4-10,13,15H,11-12,14H2,1-3H3,(H,21,22). The van der Waals surface area contributed by atoms with Crippen LogP contribution in [0.3, 0.4) is 0 Å². The summed E-state index contributed by atoms with van der Waals surface area (Å²) in [6.07, 6.45) is 2.08. The minimum Gasteiger partial charge on any atom is -0.493 e. The molecule has 0 saturated carbocycles. The Balaban J connectivity index is 2.04. The Morgan fingerprint density at radius 1 is 1.12 bits per heavy atom. The topological polar surface area (TPSA) is 72.5 Å². The molecule has 0 heterocycles. The van der Waals surface area contributed by atoms with Crippen LogP contribution in [0.1, 0.15) is 36.2 Å². The molecule has 0 atom stereocenters. The number of para-hydroxylation sites is 1. The number of sulfone groups is 1. The van der Waals surface area contributed by atoms with Gasteiger partial charge in [0.15, 0.2) is 9.84 Å². The van der Waals surface area contributed by atoms with Crippen LogP contribution in [0.25, 0.3) is 0 Å². The van der Waals surface area contributed by atoms with Gasteiger partial charge < -0.3 is 10.1 Å². The van der Waals surface area contributed by atoms with Gasteiger partial charge in [-0.25, -0.2) is 8.42 Å². The molecule has 0 spiro atoms. The minimum absolute atomic E-state index is 0.127. The zero-order chi connectivity index (χ0) is 19.2. The highest BCUT2D eigenvalue weighted by Gasteiger charge is 2.12. The Bertz CT molecular complexity index is 860. The Morgan fingerprint density at radius 3 is 2.54 bits per heavy atom. The fourth-order valence-corrected chi connectivity index (χ4v) is 3.01. The highest BCUT2D eigenvalue weighted by molar-refractivity contribution is 7.90. The average Bonchev–Trinajstić information content (AvgIpc) is 2.59. The van der Waals surface area contributed by atoms with E-state index in [0.717, 1.165) is 24.0 Å². The number of hydrogen-bond acceptors (Lipinski definition) is 4. The quantitative estimate of drug-likeness (QED) is 0.767.